The van der Waals surface area contributed by atoms with Gasteiger partial charge in [0.05, 0.1) is 19.3 Å². The number of likely N-dealkylation sites (tertiary alicyclic amines) is 1. The lowest BCUT2D eigenvalue weighted by Crippen LogP contribution is -2.38. The van der Waals surface area contributed by atoms with Gasteiger partial charge in [-0.15, -0.1) is 5.10 Å². The van der Waals surface area contributed by atoms with Crippen molar-refractivity contribution >= 4 is 34.4 Å². The number of piperidine rings is 1. The van der Waals surface area contributed by atoms with Crippen LogP contribution in [0.5, 0.6) is 0 Å². The lowest BCUT2D eigenvalue weighted by molar-refractivity contribution is 0.124. The van der Waals surface area contributed by atoms with E-state index in [9.17, 15) is 4.79 Å². The third kappa shape index (κ3) is 3.05. The van der Waals surface area contributed by atoms with Crippen molar-refractivity contribution in [3.8, 4) is 0 Å². The van der Waals surface area contributed by atoms with Crippen molar-refractivity contribution in [1.82, 2.24) is 29.9 Å². The Bertz CT molecular complexity index is 843. The molecule has 0 spiro atoms. The molecular weight excluding hydrogens is 348 g/mol. The number of aromatic nitrogens is 5. The van der Waals surface area contributed by atoms with Gasteiger partial charge in [-0.1, -0.05) is 11.3 Å². The SMILES string of the molecule is O=C(O)N1CCC(n2nnc3c(C4=CCOCC4)nc(Cl)nc32)CC1. The Morgan fingerprint density at radius 1 is 1.32 bits per heavy atom. The van der Waals surface area contributed by atoms with Crippen molar-refractivity contribution in [2.24, 2.45) is 0 Å². The molecule has 0 saturated carbocycles. The van der Waals surface area contributed by atoms with Crippen LogP contribution in [-0.2, 0) is 4.74 Å². The maximum absolute atomic E-state index is 11.1. The third-order valence-corrected chi connectivity index (χ3v) is 4.81. The summed E-state index contributed by atoms with van der Waals surface area (Å²) in [6.07, 6.45) is 3.16. The largest absolute Gasteiger partial charge is 0.465 e. The van der Waals surface area contributed by atoms with Crippen molar-refractivity contribution in [3.63, 3.8) is 0 Å². The summed E-state index contributed by atoms with van der Waals surface area (Å²) < 4.78 is 7.10. The standard InChI is InChI=1S/C15H17ClN6O3/c16-14-17-11(9-3-7-25-8-4-9)12-13(18-14)22(20-19-12)10-1-5-21(6-2-10)15(23)24/h3,10H,1-2,4-8H2,(H,23,24). The van der Waals surface area contributed by atoms with Crippen LogP contribution in [0, 0.1) is 0 Å². The van der Waals surface area contributed by atoms with Gasteiger partial charge in [0.2, 0.25) is 5.28 Å². The molecule has 0 aliphatic carbocycles. The number of ether oxygens (including phenoxy) is 1. The molecule has 2 aromatic heterocycles. The van der Waals surface area contributed by atoms with Gasteiger partial charge in [0.25, 0.3) is 0 Å². The van der Waals surface area contributed by atoms with Crippen LogP contribution in [-0.4, -0.2) is 67.4 Å². The minimum Gasteiger partial charge on any atom is -0.465 e. The Morgan fingerprint density at radius 3 is 2.80 bits per heavy atom. The molecule has 25 heavy (non-hydrogen) atoms. The van der Waals surface area contributed by atoms with Gasteiger partial charge in [0, 0.05) is 13.1 Å². The van der Waals surface area contributed by atoms with E-state index in [-0.39, 0.29) is 11.3 Å². The molecule has 2 aliphatic rings. The molecule has 0 radical (unpaired) electrons. The summed E-state index contributed by atoms with van der Waals surface area (Å²) in [5, 5.41) is 17.8. The summed E-state index contributed by atoms with van der Waals surface area (Å²) in [5.41, 5.74) is 2.95. The van der Waals surface area contributed by atoms with Gasteiger partial charge >= 0.3 is 6.09 Å². The van der Waals surface area contributed by atoms with Gasteiger partial charge in [-0.2, -0.15) is 4.98 Å². The molecule has 2 aliphatic heterocycles. The first kappa shape index (κ1) is 16.2. The lowest BCUT2D eigenvalue weighted by Gasteiger charge is -2.29. The minimum atomic E-state index is -0.888. The van der Waals surface area contributed by atoms with E-state index in [0.29, 0.717) is 56.0 Å². The highest BCUT2D eigenvalue weighted by Gasteiger charge is 2.27. The first-order valence-electron chi connectivity index (χ1n) is 8.17. The van der Waals surface area contributed by atoms with Crippen molar-refractivity contribution in [2.75, 3.05) is 26.3 Å². The molecule has 9 nitrogen and oxygen atoms in total. The first-order valence-corrected chi connectivity index (χ1v) is 8.54. The highest BCUT2D eigenvalue weighted by atomic mass is 35.5. The van der Waals surface area contributed by atoms with E-state index in [1.807, 2.05) is 6.08 Å². The van der Waals surface area contributed by atoms with Crippen LogP contribution in [0.4, 0.5) is 4.79 Å². The first-order chi connectivity index (χ1) is 12.1. The van der Waals surface area contributed by atoms with Crippen LogP contribution in [0.1, 0.15) is 31.0 Å². The number of carbonyl (C=O) groups is 1. The molecule has 1 N–H and O–H groups in total. The molecule has 1 saturated heterocycles. The van der Waals surface area contributed by atoms with Gasteiger partial charge in [-0.25, -0.2) is 14.5 Å². The van der Waals surface area contributed by atoms with E-state index >= 15 is 0 Å². The number of hydrogen-bond donors (Lipinski definition) is 1. The summed E-state index contributed by atoms with van der Waals surface area (Å²) in [5.74, 6) is 0. The fourth-order valence-corrected chi connectivity index (χ4v) is 3.48. The van der Waals surface area contributed by atoms with Gasteiger partial charge in [0.1, 0.15) is 5.69 Å². The highest BCUT2D eigenvalue weighted by Crippen LogP contribution is 2.29. The van der Waals surface area contributed by atoms with E-state index in [0.717, 1.165) is 12.0 Å². The second-order valence-corrected chi connectivity index (χ2v) is 6.44. The van der Waals surface area contributed by atoms with Crippen LogP contribution in [0.2, 0.25) is 5.28 Å². The topological polar surface area (TPSA) is 106 Å². The monoisotopic (exact) mass is 364 g/mol. The third-order valence-electron chi connectivity index (χ3n) is 4.64. The number of hydrogen-bond acceptors (Lipinski definition) is 6. The Morgan fingerprint density at radius 2 is 2.12 bits per heavy atom. The second-order valence-electron chi connectivity index (χ2n) is 6.10. The Balaban J connectivity index is 1.69. The van der Waals surface area contributed by atoms with Gasteiger partial charge in [0.15, 0.2) is 11.2 Å². The van der Waals surface area contributed by atoms with E-state index in [2.05, 4.69) is 20.3 Å². The zero-order valence-electron chi connectivity index (χ0n) is 13.4. The highest BCUT2D eigenvalue weighted by molar-refractivity contribution is 6.28. The average Bonchev–Trinajstić information content (AvgIpc) is 3.05. The minimum absolute atomic E-state index is 0.0445. The molecule has 0 bridgehead atoms. The van der Waals surface area contributed by atoms with Crippen molar-refractivity contribution < 1.29 is 14.6 Å². The predicted octanol–water partition coefficient (Wildman–Crippen LogP) is 1.99. The average molecular weight is 365 g/mol. The zero-order chi connectivity index (χ0) is 17.4. The lowest BCUT2D eigenvalue weighted by atomic mass is 10.1. The van der Waals surface area contributed by atoms with Crippen LogP contribution < -0.4 is 0 Å². The van der Waals surface area contributed by atoms with Crippen LogP contribution >= 0.6 is 11.6 Å². The molecule has 10 heteroatoms. The van der Waals surface area contributed by atoms with Crippen molar-refractivity contribution in [1.29, 1.82) is 0 Å². The fraction of sp³-hybridized carbons (Fsp3) is 0.533. The molecule has 4 rings (SSSR count). The summed E-state index contributed by atoms with van der Waals surface area (Å²) in [6.45, 7) is 2.11. The molecule has 1 amide bonds. The summed E-state index contributed by atoms with van der Waals surface area (Å²) >= 11 is 6.14. The maximum atomic E-state index is 11.1. The van der Waals surface area contributed by atoms with Gasteiger partial charge < -0.3 is 14.7 Å². The molecule has 132 valence electrons. The zero-order valence-corrected chi connectivity index (χ0v) is 14.2. The molecular formula is C15H17ClN6O3. The Labute approximate surface area is 148 Å². The summed E-state index contributed by atoms with van der Waals surface area (Å²) in [6, 6.07) is 0.0445. The number of fused-ring (bicyclic) bond motifs is 1. The number of amides is 1. The Kier molecular flexibility index (Phi) is 4.26. The summed E-state index contributed by atoms with van der Waals surface area (Å²) in [4.78, 5) is 21.1. The van der Waals surface area contributed by atoms with E-state index < -0.39 is 6.09 Å². The second kappa shape index (κ2) is 6.57. The van der Waals surface area contributed by atoms with Crippen molar-refractivity contribution in [2.45, 2.75) is 25.3 Å². The molecule has 2 aromatic rings. The number of nitrogens with zero attached hydrogens (tertiary/aromatic N) is 6. The number of carboxylic acid groups (broad SMARTS) is 1. The van der Waals surface area contributed by atoms with Gasteiger partial charge in [-0.3, -0.25) is 0 Å². The van der Waals surface area contributed by atoms with Crippen molar-refractivity contribution in [3.05, 3.63) is 17.1 Å². The predicted molar refractivity (Wildman–Crippen MR) is 89.4 cm³/mol. The maximum Gasteiger partial charge on any atom is 0.407 e. The molecule has 0 aromatic carbocycles. The fourth-order valence-electron chi connectivity index (χ4n) is 3.32. The van der Waals surface area contributed by atoms with E-state index in [4.69, 9.17) is 21.4 Å². The normalized spacial score (nSPS) is 19.2. The molecule has 1 fully saturated rings. The van der Waals surface area contributed by atoms with Gasteiger partial charge in [-0.05, 0) is 36.4 Å². The van der Waals surface area contributed by atoms with Crippen LogP contribution in [0.25, 0.3) is 16.7 Å². The quantitative estimate of drug-likeness (QED) is 0.812. The molecule has 0 atom stereocenters. The number of rotatable bonds is 2. The van der Waals surface area contributed by atoms with E-state index in [1.165, 1.54) is 4.90 Å². The number of halogens is 1. The summed E-state index contributed by atoms with van der Waals surface area (Å²) in [7, 11) is 0. The molecule has 0 unspecified atom stereocenters. The Hall–Kier alpha value is -2.26. The van der Waals surface area contributed by atoms with Crippen LogP contribution in [0.3, 0.4) is 0 Å². The van der Waals surface area contributed by atoms with Crippen LogP contribution in [0.15, 0.2) is 6.08 Å². The van der Waals surface area contributed by atoms with E-state index in [1.54, 1.807) is 4.68 Å². The molecule has 4 heterocycles. The smallest absolute Gasteiger partial charge is 0.407 e.